The van der Waals surface area contributed by atoms with Crippen LogP contribution in [-0.2, 0) is 17.6 Å². The maximum atomic E-state index is 5.81. The van der Waals surface area contributed by atoms with Crippen molar-refractivity contribution in [1.82, 2.24) is 14.9 Å². The molecule has 0 N–H and O–H groups in total. The lowest BCUT2D eigenvalue weighted by Crippen LogP contribution is -2.48. The number of nitrogens with zero attached hydrogens (tertiary/aromatic N) is 4. The fourth-order valence-corrected chi connectivity index (χ4v) is 6.06. The first-order chi connectivity index (χ1) is 12.8. The molecule has 4 heterocycles. The van der Waals surface area contributed by atoms with Crippen LogP contribution in [0.15, 0.2) is 6.33 Å². The smallest absolute Gasteiger partial charge is 0.141 e. The lowest BCUT2D eigenvalue weighted by molar-refractivity contribution is 0.0712. The molecule has 26 heavy (non-hydrogen) atoms. The molecule has 2 atom stereocenters. The van der Waals surface area contributed by atoms with Crippen LogP contribution < -0.4 is 4.90 Å². The van der Waals surface area contributed by atoms with Gasteiger partial charge in [0.25, 0.3) is 0 Å². The molecule has 140 valence electrons. The molecule has 0 spiro atoms. The molecule has 2 aromatic heterocycles. The van der Waals surface area contributed by atoms with Crippen molar-refractivity contribution in [3.05, 3.63) is 16.8 Å². The van der Waals surface area contributed by atoms with Gasteiger partial charge in [-0.05, 0) is 43.6 Å². The molecule has 3 aliphatic rings. The van der Waals surface area contributed by atoms with Crippen molar-refractivity contribution >= 4 is 27.4 Å². The molecular formula is C20H28N4OS. The van der Waals surface area contributed by atoms with Crippen LogP contribution >= 0.6 is 11.3 Å². The fourth-order valence-electron chi connectivity index (χ4n) is 4.72. The predicted molar refractivity (Wildman–Crippen MR) is 106 cm³/mol. The third-order valence-electron chi connectivity index (χ3n) is 6.23. The Bertz CT molecular complexity index is 777. The van der Waals surface area contributed by atoms with E-state index in [0.717, 1.165) is 45.2 Å². The molecular weight excluding hydrogens is 344 g/mol. The van der Waals surface area contributed by atoms with E-state index < -0.39 is 0 Å². The van der Waals surface area contributed by atoms with E-state index in [1.54, 1.807) is 16.8 Å². The molecule has 0 amide bonds. The van der Waals surface area contributed by atoms with Crippen molar-refractivity contribution < 1.29 is 4.74 Å². The summed E-state index contributed by atoms with van der Waals surface area (Å²) in [5, 5.41) is 1.35. The number of thiophene rings is 1. The van der Waals surface area contributed by atoms with Crippen molar-refractivity contribution in [1.29, 1.82) is 0 Å². The Morgan fingerprint density at radius 2 is 2.08 bits per heavy atom. The first kappa shape index (κ1) is 16.9. The van der Waals surface area contributed by atoms with E-state index in [1.165, 1.54) is 48.1 Å². The van der Waals surface area contributed by atoms with Gasteiger partial charge < -0.3 is 9.64 Å². The van der Waals surface area contributed by atoms with E-state index in [4.69, 9.17) is 9.72 Å². The summed E-state index contributed by atoms with van der Waals surface area (Å²) in [6.45, 7) is 8.74. The van der Waals surface area contributed by atoms with Crippen LogP contribution in [0.2, 0.25) is 0 Å². The van der Waals surface area contributed by atoms with Crippen LogP contribution in [-0.4, -0.2) is 60.3 Å². The third kappa shape index (κ3) is 3.12. The lowest BCUT2D eigenvalue weighted by Gasteiger charge is -2.36. The normalized spacial score (nSPS) is 27.2. The van der Waals surface area contributed by atoms with Gasteiger partial charge in [-0.25, -0.2) is 9.97 Å². The standard InChI is InChI=1S/C20H28N4OS/c1-14-4-5-16-17(11-14)26-20-18(16)19(21-13-22-20)24-8-6-23(7-9-24)12-15-3-2-10-25-15/h13-15H,2-12H2,1H3/t14-,15-/m0/s1. The van der Waals surface area contributed by atoms with E-state index >= 15 is 0 Å². The van der Waals surface area contributed by atoms with E-state index in [1.807, 2.05) is 11.3 Å². The van der Waals surface area contributed by atoms with Crippen LogP contribution in [0.1, 0.15) is 36.6 Å². The highest BCUT2D eigenvalue weighted by Gasteiger charge is 2.27. The highest BCUT2D eigenvalue weighted by Crippen LogP contribution is 2.40. The number of aromatic nitrogens is 2. The number of hydrogen-bond acceptors (Lipinski definition) is 6. The molecule has 1 aliphatic carbocycles. The number of hydrogen-bond donors (Lipinski definition) is 0. The van der Waals surface area contributed by atoms with Crippen LogP contribution in [0.4, 0.5) is 5.82 Å². The molecule has 5 rings (SSSR count). The van der Waals surface area contributed by atoms with Gasteiger partial charge in [0.05, 0.1) is 11.5 Å². The second-order valence-corrected chi connectivity index (χ2v) is 9.24. The second kappa shape index (κ2) is 7.06. The molecule has 5 nitrogen and oxygen atoms in total. The average molecular weight is 373 g/mol. The monoisotopic (exact) mass is 372 g/mol. The highest BCUT2D eigenvalue weighted by molar-refractivity contribution is 7.19. The van der Waals surface area contributed by atoms with Crippen molar-refractivity contribution in [2.45, 2.75) is 45.1 Å². The van der Waals surface area contributed by atoms with E-state index in [2.05, 4.69) is 21.7 Å². The number of aryl methyl sites for hydroxylation is 1. The highest BCUT2D eigenvalue weighted by atomic mass is 32.1. The SMILES string of the molecule is C[C@H]1CCc2c(sc3ncnc(N4CCN(C[C@@H]5CCCO5)CC4)c23)C1. The van der Waals surface area contributed by atoms with E-state index in [9.17, 15) is 0 Å². The molecule has 6 heteroatoms. The number of anilines is 1. The molecule has 0 saturated carbocycles. The van der Waals surface area contributed by atoms with Crippen LogP contribution in [0.5, 0.6) is 0 Å². The Hall–Kier alpha value is -1.24. The van der Waals surface area contributed by atoms with Crippen molar-refractivity contribution in [3.63, 3.8) is 0 Å². The summed E-state index contributed by atoms with van der Waals surface area (Å²) in [4.78, 5) is 17.1. The Morgan fingerprint density at radius 1 is 1.19 bits per heavy atom. The summed E-state index contributed by atoms with van der Waals surface area (Å²) >= 11 is 1.90. The molecule has 2 saturated heterocycles. The maximum absolute atomic E-state index is 5.81. The summed E-state index contributed by atoms with van der Waals surface area (Å²) < 4.78 is 5.81. The topological polar surface area (TPSA) is 41.5 Å². The Kier molecular flexibility index (Phi) is 4.59. The minimum Gasteiger partial charge on any atom is -0.377 e. The number of rotatable bonds is 3. The summed E-state index contributed by atoms with van der Waals surface area (Å²) in [6, 6.07) is 0. The van der Waals surface area contributed by atoms with Gasteiger partial charge in [0.2, 0.25) is 0 Å². The van der Waals surface area contributed by atoms with Crippen molar-refractivity contribution in [3.8, 4) is 0 Å². The first-order valence-electron chi connectivity index (χ1n) is 10.1. The summed E-state index contributed by atoms with van der Waals surface area (Å²) in [7, 11) is 0. The third-order valence-corrected chi connectivity index (χ3v) is 7.39. The zero-order valence-electron chi connectivity index (χ0n) is 15.6. The van der Waals surface area contributed by atoms with E-state index in [0.29, 0.717) is 6.10 Å². The largest absolute Gasteiger partial charge is 0.377 e. The van der Waals surface area contributed by atoms with Gasteiger partial charge in [0.15, 0.2) is 0 Å². The molecule has 2 aromatic rings. The Morgan fingerprint density at radius 3 is 2.88 bits per heavy atom. The van der Waals surface area contributed by atoms with Gasteiger partial charge in [-0.15, -0.1) is 11.3 Å². The van der Waals surface area contributed by atoms with Gasteiger partial charge in [-0.2, -0.15) is 0 Å². The van der Waals surface area contributed by atoms with Crippen molar-refractivity contribution in [2.24, 2.45) is 5.92 Å². The molecule has 0 radical (unpaired) electrons. The van der Waals surface area contributed by atoms with Gasteiger partial charge in [-0.3, -0.25) is 4.90 Å². The first-order valence-corrected chi connectivity index (χ1v) is 10.9. The quantitative estimate of drug-likeness (QED) is 0.828. The van der Waals surface area contributed by atoms with Crippen LogP contribution in [0.25, 0.3) is 10.2 Å². The van der Waals surface area contributed by atoms with Gasteiger partial charge in [-0.1, -0.05) is 6.92 Å². The van der Waals surface area contributed by atoms with Crippen molar-refractivity contribution in [2.75, 3.05) is 44.2 Å². The Labute approximate surface area is 159 Å². The summed E-state index contributed by atoms with van der Waals surface area (Å²) in [5.74, 6) is 1.98. The minimum absolute atomic E-state index is 0.457. The maximum Gasteiger partial charge on any atom is 0.141 e. The fraction of sp³-hybridized carbons (Fsp3) is 0.700. The van der Waals surface area contributed by atoms with Gasteiger partial charge in [0, 0.05) is 44.2 Å². The molecule has 0 unspecified atom stereocenters. The van der Waals surface area contributed by atoms with E-state index in [-0.39, 0.29) is 0 Å². The molecule has 0 aromatic carbocycles. The number of fused-ring (bicyclic) bond motifs is 3. The second-order valence-electron chi connectivity index (χ2n) is 8.15. The molecule has 0 bridgehead atoms. The minimum atomic E-state index is 0.457. The molecule has 2 fully saturated rings. The van der Waals surface area contributed by atoms with Crippen LogP contribution in [0.3, 0.4) is 0 Å². The average Bonchev–Trinajstić information content (AvgIpc) is 3.29. The Balaban J connectivity index is 1.35. The summed E-state index contributed by atoms with van der Waals surface area (Å²) in [6.07, 6.45) is 8.38. The predicted octanol–water partition coefficient (Wildman–Crippen LogP) is 3.12. The van der Waals surface area contributed by atoms with Gasteiger partial charge in [0.1, 0.15) is 17.0 Å². The molecule has 2 aliphatic heterocycles. The number of piperazine rings is 1. The number of ether oxygens (including phenoxy) is 1. The summed E-state index contributed by atoms with van der Waals surface area (Å²) in [5.41, 5.74) is 1.54. The zero-order chi connectivity index (χ0) is 17.5. The van der Waals surface area contributed by atoms with Gasteiger partial charge >= 0.3 is 0 Å². The van der Waals surface area contributed by atoms with Crippen LogP contribution in [0, 0.1) is 5.92 Å². The zero-order valence-corrected chi connectivity index (χ0v) is 16.4. The lowest BCUT2D eigenvalue weighted by atomic mass is 9.89.